The number of ether oxygens (including phenoxy) is 1. The van der Waals surface area contributed by atoms with Crippen LogP contribution in [0.25, 0.3) is 0 Å². The van der Waals surface area contributed by atoms with Crippen molar-refractivity contribution < 1.29 is 14.6 Å². The number of aliphatic hydroxyl groups is 1. The van der Waals surface area contributed by atoms with E-state index in [1.165, 1.54) is 0 Å². The van der Waals surface area contributed by atoms with Gasteiger partial charge < -0.3 is 14.7 Å². The van der Waals surface area contributed by atoms with Crippen LogP contribution in [0.15, 0.2) is 0 Å². The Kier molecular flexibility index (Phi) is 3.73. The predicted octanol–water partition coefficient (Wildman–Crippen LogP) is 0.641. The third-order valence-electron chi connectivity index (χ3n) is 2.49. The van der Waals surface area contributed by atoms with E-state index >= 15 is 0 Å². The fourth-order valence-corrected chi connectivity index (χ4v) is 1.92. The van der Waals surface area contributed by atoms with Gasteiger partial charge in [0.05, 0.1) is 18.3 Å². The van der Waals surface area contributed by atoms with Crippen molar-refractivity contribution >= 4 is 5.91 Å². The number of carbonyl (C=O) groups excluding carboxylic acids is 1. The Hall–Kier alpha value is -0.610. The standard InChI is InChI=1S/C11H21NO3/c1-8(2)10(14)12-5-9(6-13)15-11(3,4)7-12/h8-9,13H,5-7H2,1-4H3. The van der Waals surface area contributed by atoms with E-state index in [-0.39, 0.29) is 30.1 Å². The first-order valence-electron chi connectivity index (χ1n) is 5.43. The van der Waals surface area contributed by atoms with E-state index in [2.05, 4.69) is 0 Å². The third kappa shape index (κ3) is 3.18. The maximum Gasteiger partial charge on any atom is 0.225 e. The van der Waals surface area contributed by atoms with Crippen LogP contribution >= 0.6 is 0 Å². The summed E-state index contributed by atoms with van der Waals surface area (Å²) < 4.78 is 5.64. The van der Waals surface area contributed by atoms with Crippen LogP contribution in [0.2, 0.25) is 0 Å². The molecule has 0 spiro atoms. The minimum absolute atomic E-state index is 0.00163. The monoisotopic (exact) mass is 215 g/mol. The van der Waals surface area contributed by atoms with Gasteiger partial charge in [-0.3, -0.25) is 4.79 Å². The van der Waals surface area contributed by atoms with E-state index in [1.54, 1.807) is 4.90 Å². The summed E-state index contributed by atoms with van der Waals surface area (Å²) in [6, 6.07) is 0. The van der Waals surface area contributed by atoms with E-state index in [0.29, 0.717) is 13.1 Å². The maximum atomic E-state index is 11.8. The highest BCUT2D eigenvalue weighted by atomic mass is 16.5. The molecule has 0 aliphatic carbocycles. The van der Waals surface area contributed by atoms with Gasteiger partial charge in [0.15, 0.2) is 0 Å². The molecule has 1 rings (SSSR count). The van der Waals surface area contributed by atoms with Crippen molar-refractivity contribution in [2.24, 2.45) is 5.92 Å². The van der Waals surface area contributed by atoms with E-state index < -0.39 is 0 Å². The Bertz CT molecular complexity index is 238. The first-order valence-corrected chi connectivity index (χ1v) is 5.43. The number of carbonyl (C=O) groups is 1. The lowest BCUT2D eigenvalue weighted by Gasteiger charge is -2.42. The normalized spacial score (nSPS) is 25.7. The van der Waals surface area contributed by atoms with Crippen LogP contribution in [0.5, 0.6) is 0 Å². The number of rotatable bonds is 2. The molecule has 0 radical (unpaired) electrons. The summed E-state index contributed by atoms with van der Waals surface area (Å²) in [6.07, 6.45) is -0.253. The molecule has 1 amide bonds. The fraction of sp³-hybridized carbons (Fsp3) is 0.909. The summed E-state index contributed by atoms with van der Waals surface area (Å²) in [5.41, 5.74) is -0.365. The highest BCUT2D eigenvalue weighted by Gasteiger charge is 2.35. The second-order valence-electron chi connectivity index (χ2n) is 5.06. The Morgan fingerprint density at radius 3 is 2.67 bits per heavy atom. The number of hydrogen-bond acceptors (Lipinski definition) is 3. The van der Waals surface area contributed by atoms with E-state index in [1.807, 2.05) is 27.7 Å². The van der Waals surface area contributed by atoms with E-state index in [0.717, 1.165) is 0 Å². The molecule has 1 saturated heterocycles. The van der Waals surface area contributed by atoms with Crippen LogP contribution < -0.4 is 0 Å². The van der Waals surface area contributed by atoms with Gasteiger partial charge in [-0.25, -0.2) is 0 Å². The van der Waals surface area contributed by atoms with Crippen molar-refractivity contribution in [1.82, 2.24) is 4.90 Å². The van der Waals surface area contributed by atoms with Crippen molar-refractivity contribution in [3.05, 3.63) is 0 Å². The topological polar surface area (TPSA) is 49.8 Å². The number of amides is 1. The molecule has 1 aliphatic rings. The molecule has 0 aromatic heterocycles. The Morgan fingerprint density at radius 1 is 1.60 bits per heavy atom. The molecule has 0 aromatic carbocycles. The van der Waals surface area contributed by atoms with E-state index in [4.69, 9.17) is 9.84 Å². The Labute approximate surface area is 91.2 Å². The number of nitrogens with zero attached hydrogens (tertiary/aromatic N) is 1. The largest absolute Gasteiger partial charge is 0.394 e. The van der Waals surface area contributed by atoms with Crippen molar-refractivity contribution in [3.63, 3.8) is 0 Å². The third-order valence-corrected chi connectivity index (χ3v) is 2.49. The summed E-state index contributed by atoms with van der Waals surface area (Å²) >= 11 is 0. The van der Waals surface area contributed by atoms with Crippen molar-refractivity contribution in [2.75, 3.05) is 19.7 Å². The summed E-state index contributed by atoms with van der Waals surface area (Å²) in [5, 5.41) is 9.10. The average Bonchev–Trinajstić information content (AvgIpc) is 2.13. The van der Waals surface area contributed by atoms with Gasteiger partial charge in [-0.15, -0.1) is 0 Å². The lowest BCUT2D eigenvalue weighted by atomic mass is 10.0. The van der Waals surface area contributed by atoms with Crippen molar-refractivity contribution in [1.29, 1.82) is 0 Å². The van der Waals surface area contributed by atoms with Gasteiger partial charge in [-0.2, -0.15) is 0 Å². The molecule has 4 nitrogen and oxygen atoms in total. The fourth-order valence-electron chi connectivity index (χ4n) is 1.92. The van der Waals surface area contributed by atoms with Gasteiger partial charge >= 0.3 is 0 Å². The van der Waals surface area contributed by atoms with Crippen LogP contribution in [-0.2, 0) is 9.53 Å². The molecule has 0 saturated carbocycles. The molecule has 0 bridgehead atoms. The van der Waals surface area contributed by atoms with Gasteiger partial charge in [0.1, 0.15) is 0 Å². The molecule has 4 heteroatoms. The zero-order chi connectivity index (χ0) is 11.6. The van der Waals surface area contributed by atoms with Crippen LogP contribution in [0.1, 0.15) is 27.7 Å². The van der Waals surface area contributed by atoms with Gasteiger partial charge in [-0.1, -0.05) is 13.8 Å². The minimum atomic E-state index is -0.365. The summed E-state index contributed by atoms with van der Waals surface area (Å²) in [6.45, 7) is 8.71. The summed E-state index contributed by atoms with van der Waals surface area (Å²) in [4.78, 5) is 13.6. The smallest absolute Gasteiger partial charge is 0.225 e. The second-order valence-corrected chi connectivity index (χ2v) is 5.06. The first-order chi connectivity index (χ1) is 6.85. The van der Waals surface area contributed by atoms with Gasteiger partial charge in [0.2, 0.25) is 5.91 Å². The number of hydrogen-bond donors (Lipinski definition) is 1. The molecule has 1 N–H and O–H groups in total. The highest BCUT2D eigenvalue weighted by Crippen LogP contribution is 2.22. The molecule has 15 heavy (non-hydrogen) atoms. The average molecular weight is 215 g/mol. The highest BCUT2D eigenvalue weighted by molar-refractivity contribution is 5.78. The quantitative estimate of drug-likeness (QED) is 0.735. The lowest BCUT2D eigenvalue weighted by Crippen LogP contribution is -2.56. The Morgan fingerprint density at radius 2 is 2.20 bits per heavy atom. The van der Waals surface area contributed by atoms with Crippen molar-refractivity contribution in [3.8, 4) is 0 Å². The first kappa shape index (κ1) is 12.5. The maximum absolute atomic E-state index is 11.8. The molecule has 1 fully saturated rings. The zero-order valence-corrected chi connectivity index (χ0v) is 9.99. The molecule has 1 atom stereocenters. The van der Waals surface area contributed by atoms with E-state index in [9.17, 15) is 4.79 Å². The van der Waals surface area contributed by atoms with Gasteiger partial charge in [0, 0.05) is 19.0 Å². The zero-order valence-electron chi connectivity index (χ0n) is 9.99. The molecule has 0 aromatic rings. The van der Waals surface area contributed by atoms with Crippen LogP contribution in [0.3, 0.4) is 0 Å². The molecular weight excluding hydrogens is 194 g/mol. The predicted molar refractivity (Wildman–Crippen MR) is 57.5 cm³/mol. The summed E-state index contributed by atoms with van der Waals surface area (Å²) in [5.74, 6) is 0.128. The molecule has 88 valence electrons. The SMILES string of the molecule is CC(C)C(=O)N1CC(CO)OC(C)(C)C1. The van der Waals surface area contributed by atoms with Gasteiger partial charge in [0.25, 0.3) is 0 Å². The molecule has 1 unspecified atom stereocenters. The minimum Gasteiger partial charge on any atom is -0.394 e. The van der Waals surface area contributed by atoms with Crippen molar-refractivity contribution in [2.45, 2.75) is 39.4 Å². The van der Waals surface area contributed by atoms with Crippen LogP contribution in [0.4, 0.5) is 0 Å². The lowest BCUT2D eigenvalue weighted by molar-refractivity contribution is -0.169. The Balaban J connectivity index is 2.70. The van der Waals surface area contributed by atoms with Crippen LogP contribution in [0, 0.1) is 5.92 Å². The number of morpholine rings is 1. The van der Waals surface area contributed by atoms with Crippen LogP contribution in [-0.4, -0.2) is 47.3 Å². The molecule has 1 aliphatic heterocycles. The van der Waals surface area contributed by atoms with Gasteiger partial charge in [-0.05, 0) is 13.8 Å². The summed E-state index contributed by atoms with van der Waals surface area (Å²) in [7, 11) is 0. The number of aliphatic hydroxyl groups excluding tert-OH is 1. The molecular formula is C11H21NO3. The molecule has 1 heterocycles. The second kappa shape index (κ2) is 4.49.